The van der Waals surface area contributed by atoms with Gasteiger partial charge in [0, 0.05) is 0 Å². The van der Waals surface area contributed by atoms with Crippen LogP contribution in [-0.2, 0) is 0 Å². The summed E-state index contributed by atoms with van der Waals surface area (Å²) in [6.45, 7) is 0. The van der Waals surface area contributed by atoms with E-state index in [2.05, 4.69) is 9.52 Å². The molecule has 14 heavy (non-hydrogen) atoms. The van der Waals surface area contributed by atoms with Crippen LogP contribution in [-0.4, -0.2) is 9.78 Å². The van der Waals surface area contributed by atoms with Gasteiger partial charge in [-0.05, 0) is 18.2 Å². The number of hydrogen-bond donors (Lipinski definition) is 0. The number of nitrogens with zero attached hydrogens (tertiary/aromatic N) is 2. The van der Waals surface area contributed by atoms with Crippen LogP contribution in [0.25, 0.3) is 5.69 Å². The quantitative estimate of drug-likeness (QED) is 0.755. The Morgan fingerprint density at radius 3 is 2.64 bits per heavy atom. The lowest BCUT2D eigenvalue weighted by molar-refractivity contribution is 0.504. The van der Waals surface area contributed by atoms with Crippen LogP contribution in [0.4, 0.5) is 0 Å². The maximum atomic E-state index is 11.1. The summed E-state index contributed by atoms with van der Waals surface area (Å²) in [7, 11) is 0. The van der Waals surface area contributed by atoms with Crippen molar-refractivity contribution in [3.8, 4) is 5.69 Å². The van der Waals surface area contributed by atoms with Crippen LogP contribution in [0.5, 0.6) is 0 Å². The van der Waals surface area contributed by atoms with Crippen molar-refractivity contribution in [3.05, 3.63) is 45.2 Å². The molecule has 0 bridgehead atoms. The zero-order valence-electron chi connectivity index (χ0n) is 6.78. The molecule has 0 radical (unpaired) electrons. The molecule has 0 atom stereocenters. The Morgan fingerprint density at radius 2 is 2.07 bits per heavy atom. The van der Waals surface area contributed by atoms with Crippen LogP contribution < -0.4 is 5.76 Å². The normalized spacial score (nSPS) is 10.4. The largest absolute Gasteiger partial charge is 0.441 e. The van der Waals surface area contributed by atoms with Crippen LogP contribution in [0.15, 0.2) is 33.8 Å². The number of hydrogen-bond acceptors (Lipinski definition) is 3. The Kier molecular flexibility index (Phi) is 2.31. The van der Waals surface area contributed by atoms with E-state index >= 15 is 0 Å². The Balaban J connectivity index is 2.59. The van der Waals surface area contributed by atoms with E-state index in [0.29, 0.717) is 15.7 Å². The van der Waals surface area contributed by atoms with Gasteiger partial charge in [0.05, 0.1) is 15.7 Å². The van der Waals surface area contributed by atoms with Crippen molar-refractivity contribution in [2.24, 2.45) is 0 Å². The minimum Gasteiger partial charge on any atom is -0.395 e. The molecule has 0 fully saturated rings. The maximum absolute atomic E-state index is 11.1. The van der Waals surface area contributed by atoms with Crippen LogP contribution in [0.1, 0.15) is 0 Å². The van der Waals surface area contributed by atoms with Crippen molar-refractivity contribution < 1.29 is 4.42 Å². The van der Waals surface area contributed by atoms with Gasteiger partial charge in [-0.2, -0.15) is 4.68 Å². The van der Waals surface area contributed by atoms with E-state index in [-0.39, 0.29) is 0 Å². The summed E-state index contributed by atoms with van der Waals surface area (Å²) in [5.74, 6) is -0.566. The molecule has 0 aliphatic heterocycles. The highest BCUT2D eigenvalue weighted by Crippen LogP contribution is 2.23. The molecule has 0 aliphatic rings. The summed E-state index contributed by atoms with van der Waals surface area (Å²) in [6, 6.07) is 4.74. The first-order valence-electron chi connectivity index (χ1n) is 3.67. The van der Waals surface area contributed by atoms with E-state index in [1.165, 1.54) is 6.07 Å². The van der Waals surface area contributed by atoms with Crippen LogP contribution in [0.3, 0.4) is 0 Å². The Morgan fingerprint density at radius 1 is 1.29 bits per heavy atom. The summed E-state index contributed by atoms with van der Waals surface area (Å²) in [5, 5.41) is 4.48. The van der Waals surface area contributed by atoms with Gasteiger partial charge in [-0.15, -0.1) is 5.10 Å². The predicted octanol–water partition coefficient (Wildman–Crippen LogP) is 2.13. The first kappa shape index (κ1) is 9.30. The molecule has 1 aromatic heterocycles. The molecular weight excluding hydrogens is 227 g/mol. The SMILES string of the molecule is O=c1ocnn1-c1ccc(Cl)c(Cl)c1. The van der Waals surface area contributed by atoms with Gasteiger partial charge in [0.15, 0.2) is 0 Å². The average molecular weight is 231 g/mol. The molecular formula is C8H4Cl2N2O2. The third kappa shape index (κ3) is 1.54. The standard InChI is InChI=1S/C8H4Cl2N2O2/c9-6-2-1-5(3-7(6)10)12-8(13)14-4-11-12/h1-4H. The third-order valence-electron chi connectivity index (χ3n) is 1.64. The second kappa shape index (κ2) is 3.48. The Bertz CT molecular complexity index is 518. The Labute approximate surface area is 88.7 Å². The lowest BCUT2D eigenvalue weighted by atomic mass is 10.3. The molecule has 2 rings (SSSR count). The zero-order valence-corrected chi connectivity index (χ0v) is 8.29. The fraction of sp³-hybridized carbons (Fsp3) is 0. The van der Waals surface area contributed by atoms with E-state index in [9.17, 15) is 4.79 Å². The highest BCUT2D eigenvalue weighted by Gasteiger charge is 2.05. The fourth-order valence-corrected chi connectivity index (χ4v) is 1.29. The minimum absolute atomic E-state index is 0.360. The molecule has 1 aromatic carbocycles. The molecule has 0 unspecified atom stereocenters. The van der Waals surface area contributed by atoms with Gasteiger partial charge in [-0.1, -0.05) is 23.2 Å². The highest BCUT2D eigenvalue weighted by molar-refractivity contribution is 6.42. The minimum atomic E-state index is -0.566. The van der Waals surface area contributed by atoms with Gasteiger partial charge in [-0.3, -0.25) is 0 Å². The van der Waals surface area contributed by atoms with Crippen molar-refractivity contribution in [2.75, 3.05) is 0 Å². The van der Waals surface area contributed by atoms with E-state index in [0.717, 1.165) is 11.1 Å². The first-order chi connectivity index (χ1) is 6.68. The van der Waals surface area contributed by atoms with Gasteiger partial charge in [0.25, 0.3) is 0 Å². The summed E-state index contributed by atoms with van der Waals surface area (Å²) in [5.41, 5.74) is 0.512. The molecule has 0 saturated carbocycles. The molecule has 72 valence electrons. The topological polar surface area (TPSA) is 48.0 Å². The smallest absolute Gasteiger partial charge is 0.395 e. The van der Waals surface area contributed by atoms with E-state index in [4.69, 9.17) is 23.2 Å². The lowest BCUT2D eigenvalue weighted by Gasteiger charge is -1.99. The first-order valence-corrected chi connectivity index (χ1v) is 4.42. The molecule has 0 N–H and O–H groups in total. The zero-order chi connectivity index (χ0) is 10.1. The maximum Gasteiger partial charge on any atom is 0.441 e. The van der Waals surface area contributed by atoms with E-state index in [1.807, 2.05) is 0 Å². The predicted molar refractivity (Wildman–Crippen MR) is 52.1 cm³/mol. The number of rotatable bonds is 1. The van der Waals surface area contributed by atoms with Crippen LogP contribution in [0, 0.1) is 0 Å². The van der Waals surface area contributed by atoms with Crippen molar-refractivity contribution >= 4 is 23.2 Å². The average Bonchev–Trinajstić information content (AvgIpc) is 2.57. The molecule has 0 amide bonds. The molecule has 0 aliphatic carbocycles. The molecule has 0 saturated heterocycles. The monoisotopic (exact) mass is 230 g/mol. The van der Waals surface area contributed by atoms with Crippen LogP contribution in [0.2, 0.25) is 10.0 Å². The highest BCUT2D eigenvalue weighted by atomic mass is 35.5. The van der Waals surface area contributed by atoms with Crippen molar-refractivity contribution in [1.82, 2.24) is 9.78 Å². The van der Waals surface area contributed by atoms with Crippen LogP contribution >= 0.6 is 23.2 Å². The molecule has 4 nitrogen and oxygen atoms in total. The fourth-order valence-electron chi connectivity index (χ4n) is 1.00. The molecule has 2 aromatic rings. The summed E-state index contributed by atoms with van der Waals surface area (Å²) in [4.78, 5) is 11.1. The molecule has 6 heteroatoms. The van der Waals surface area contributed by atoms with Gasteiger partial charge >= 0.3 is 5.76 Å². The van der Waals surface area contributed by atoms with Gasteiger partial charge < -0.3 is 4.42 Å². The van der Waals surface area contributed by atoms with Gasteiger partial charge in [-0.25, -0.2) is 4.79 Å². The van der Waals surface area contributed by atoms with Gasteiger partial charge in [0.1, 0.15) is 0 Å². The van der Waals surface area contributed by atoms with Gasteiger partial charge in [0.2, 0.25) is 6.39 Å². The van der Waals surface area contributed by atoms with E-state index in [1.54, 1.807) is 12.1 Å². The summed E-state index contributed by atoms with van der Waals surface area (Å²) >= 11 is 11.5. The molecule has 1 heterocycles. The third-order valence-corrected chi connectivity index (χ3v) is 2.38. The second-order valence-electron chi connectivity index (χ2n) is 2.51. The van der Waals surface area contributed by atoms with Crippen molar-refractivity contribution in [1.29, 1.82) is 0 Å². The molecule has 0 spiro atoms. The number of benzene rings is 1. The van der Waals surface area contributed by atoms with E-state index < -0.39 is 5.76 Å². The summed E-state index contributed by atoms with van der Waals surface area (Å²) < 4.78 is 5.59. The number of aromatic nitrogens is 2. The lowest BCUT2D eigenvalue weighted by Crippen LogP contribution is -2.13. The Hall–Kier alpha value is -1.26. The second-order valence-corrected chi connectivity index (χ2v) is 3.33. The number of halogens is 2. The summed E-state index contributed by atoms with van der Waals surface area (Å²) in [6.07, 6.45) is 1.06. The van der Waals surface area contributed by atoms with Crippen molar-refractivity contribution in [3.63, 3.8) is 0 Å². The van der Waals surface area contributed by atoms with Crippen molar-refractivity contribution in [2.45, 2.75) is 0 Å².